The Kier molecular flexibility index (Phi) is 26.3. The van der Waals surface area contributed by atoms with Gasteiger partial charge in [-0.25, -0.2) is 0 Å². The maximum atomic E-state index is 11.1. The largest absolute Gasteiger partial charge is 0.309 e. The average molecular weight is 512 g/mol. The third-order valence-corrected chi connectivity index (χ3v) is 12.6. The fourth-order valence-corrected chi connectivity index (χ4v) is 11.6. The number of halogens is 2. The molecule has 0 aliphatic rings. The van der Waals surface area contributed by atoms with Crippen LogP contribution in [0, 0.1) is 0 Å². The molecule has 0 heterocycles. The van der Waals surface area contributed by atoms with Gasteiger partial charge in [-0.15, -0.1) is 24.8 Å². The first-order valence-electron chi connectivity index (χ1n) is 9.83. The molecule has 9 heteroatoms. The molecule has 0 aromatic heterocycles. The summed E-state index contributed by atoms with van der Waals surface area (Å²) in [6.45, 7) is 6.68. The highest BCUT2D eigenvalue weighted by atomic mass is 35.5. The van der Waals surface area contributed by atoms with Crippen molar-refractivity contribution in [3.63, 3.8) is 0 Å². The molecule has 0 aliphatic heterocycles. The molecule has 0 unspecified atom stereocenters. The smallest absolute Gasteiger partial charge is 0.185 e. The number of rotatable bonds is 17. The molecule has 0 aromatic rings. The summed E-state index contributed by atoms with van der Waals surface area (Å²) in [7, 11) is 7.48. The van der Waals surface area contributed by atoms with Gasteiger partial charge < -0.3 is 9.80 Å². The van der Waals surface area contributed by atoms with Crippen LogP contribution in [0.15, 0.2) is 0 Å². The van der Waals surface area contributed by atoms with Gasteiger partial charge in [-0.2, -0.15) is 23.5 Å². The van der Waals surface area contributed by atoms with Crippen molar-refractivity contribution < 1.29 is 4.79 Å². The summed E-state index contributed by atoms with van der Waals surface area (Å²) in [5.41, 5.74) is 0. The number of hydrogen-bond donors (Lipinski definition) is 0. The Balaban J connectivity index is -0.00000312. The molecular formula is C19H44Cl2N2OS3Si. The molecule has 0 amide bonds. The summed E-state index contributed by atoms with van der Waals surface area (Å²) in [6.07, 6.45) is 2.52. The van der Waals surface area contributed by atoms with E-state index in [0.717, 1.165) is 5.75 Å². The second-order valence-corrected chi connectivity index (χ2v) is 16.8. The van der Waals surface area contributed by atoms with Crippen molar-refractivity contribution in [2.24, 2.45) is 0 Å². The summed E-state index contributed by atoms with van der Waals surface area (Å²) in [5.74, 6) is 6.19. The van der Waals surface area contributed by atoms with Gasteiger partial charge in [0, 0.05) is 37.3 Å². The number of hydrogen-bond acceptors (Lipinski definition) is 6. The van der Waals surface area contributed by atoms with Gasteiger partial charge in [-0.1, -0.05) is 30.8 Å². The van der Waals surface area contributed by atoms with Gasteiger partial charge in [0.1, 0.15) is 0 Å². The minimum atomic E-state index is -1.14. The van der Waals surface area contributed by atoms with Gasteiger partial charge in [0.15, 0.2) is 5.12 Å². The van der Waals surface area contributed by atoms with Crippen molar-refractivity contribution in [1.82, 2.24) is 9.80 Å². The summed E-state index contributed by atoms with van der Waals surface area (Å²) in [6, 6.07) is 4.35. The highest BCUT2D eigenvalue weighted by Crippen LogP contribution is 2.28. The van der Waals surface area contributed by atoms with E-state index in [2.05, 4.69) is 68.1 Å². The second-order valence-electron chi connectivity index (χ2n) is 7.94. The Labute approximate surface area is 201 Å². The first-order chi connectivity index (χ1) is 12.2. The van der Waals surface area contributed by atoms with Crippen molar-refractivity contribution in [2.75, 3.05) is 70.0 Å². The van der Waals surface area contributed by atoms with E-state index in [-0.39, 0.29) is 29.9 Å². The van der Waals surface area contributed by atoms with Gasteiger partial charge in [0.2, 0.25) is 0 Å². The van der Waals surface area contributed by atoms with Crippen LogP contribution < -0.4 is 0 Å². The summed E-state index contributed by atoms with van der Waals surface area (Å²) < 4.78 is 0. The predicted molar refractivity (Wildman–Crippen MR) is 145 cm³/mol. The third kappa shape index (κ3) is 23.7. The lowest BCUT2D eigenvalue weighted by molar-refractivity contribution is -0.109. The van der Waals surface area contributed by atoms with Gasteiger partial charge in [-0.3, -0.25) is 4.79 Å². The Hall–Kier alpha value is 1.44. The number of carbonyl (C=O) groups excluding carboxylic acids is 1. The van der Waals surface area contributed by atoms with E-state index in [0.29, 0.717) is 0 Å². The Morgan fingerprint density at radius 3 is 1.61 bits per heavy atom. The molecule has 0 aromatic carbocycles. The molecule has 0 aliphatic carbocycles. The van der Waals surface area contributed by atoms with Crippen LogP contribution in [-0.2, 0) is 4.79 Å². The minimum absolute atomic E-state index is 0. The van der Waals surface area contributed by atoms with Crippen molar-refractivity contribution in [2.45, 2.75) is 44.4 Å². The Morgan fingerprint density at radius 1 is 0.750 bits per heavy atom. The van der Waals surface area contributed by atoms with Gasteiger partial charge >= 0.3 is 0 Å². The number of thioether (sulfide) groups is 3. The van der Waals surface area contributed by atoms with Gasteiger partial charge in [0.05, 0.1) is 8.07 Å². The molecule has 0 radical (unpaired) electrons. The van der Waals surface area contributed by atoms with Crippen LogP contribution in [0.5, 0.6) is 0 Å². The normalized spacial score (nSPS) is 11.4. The summed E-state index contributed by atoms with van der Waals surface area (Å²) >= 11 is 5.76. The van der Waals surface area contributed by atoms with Crippen LogP contribution in [0.25, 0.3) is 0 Å². The van der Waals surface area contributed by atoms with E-state index in [1.807, 2.05) is 0 Å². The Morgan fingerprint density at radius 2 is 1.21 bits per heavy atom. The van der Waals surface area contributed by atoms with Crippen LogP contribution >= 0.6 is 60.1 Å². The maximum Gasteiger partial charge on any atom is 0.185 e. The minimum Gasteiger partial charge on any atom is -0.309 e. The molecule has 172 valence electrons. The zero-order valence-electron chi connectivity index (χ0n) is 18.8. The van der Waals surface area contributed by atoms with Crippen LogP contribution in [0.3, 0.4) is 0 Å². The highest BCUT2D eigenvalue weighted by molar-refractivity contribution is 8.13. The number of nitrogens with zero attached hydrogens (tertiary/aromatic N) is 2. The van der Waals surface area contributed by atoms with E-state index in [4.69, 9.17) is 0 Å². The molecule has 0 saturated carbocycles. The fraction of sp³-hybridized carbons (Fsp3) is 0.947. The highest BCUT2D eigenvalue weighted by Gasteiger charge is 2.25. The fourth-order valence-electron chi connectivity index (χ4n) is 2.58. The Bertz CT molecular complexity index is 350. The summed E-state index contributed by atoms with van der Waals surface area (Å²) in [4.78, 5) is 15.6. The van der Waals surface area contributed by atoms with E-state index in [1.54, 1.807) is 6.92 Å². The van der Waals surface area contributed by atoms with Crippen molar-refractivity contribution in [3.05, 3.63) is 0 Å². The van der Waals surface area contributed by atoms with E-state index in [9.17, 15) is 4.79 Å². The standard InChI is InChI=1S/C19H42N2OS3Si.2ClH/c1-19(22)25-11-7-8-16-26(6,17-14-23-12-9-20(2)3)18-15-24-13-10-21(4)5;;/h7-18H2,1-6H3;2*1H. The third-order valence-electron chi connectivity index (χ3n) is 4.55. The first-order valence-corrected chi connectivity index (χ1v) is 16.2. The monoisotopic (exact) mass is 510 g/mol. The molecule has 0 spiro atoms. The lowest BCUT2D eigenvalue weighted by Crippen LogP contribution is -2.31. The van der Waals surface area contributed by atoms with Crippen LogP contribution in [0.1, 0.15) is 19.8 Å². The van der Waals surface area contributed by atoms with E-state index < -0.39 is 8.07 Å². The maximum absolute atomic E-state index is 11.1. The zero-order chi connectivity index (χ0) is 19.8. The lowest BCUT2D eigenvalue weighted by Gasteiger charge is -2.28. The SMILES string of the molecule is CC(=O)SCCCC[Si](C)(CCSCCN(C)C)CCSCCN(C)C.Cl.Cl. The molecule has 0 saturated heterocycles. The van der Waals surface area contributed by atoms with Crippen LogP contribution in [-0.4, -0.2) is 93.0 Å². The van der Waals surface area contributed by atoms with Crippen molar-refractivity contribution in [1.29, 1.82) is 0 Å². The predicted octanol–water partition coefficient (Wildman–Crippen LogP) is 5.56. The van der Waals surface area contributed by atoms with E-state index in [1.165, 1.54) is 78.8 Å². The number of carbonyl (C=O) groups is 1. The van der Waals surface area contributed by atoms with Crippen molar-refractivity contribution >= 4 is 73.3 Å². The first kappa shape index (κ1) is 34.1. The average Bonchev–Trinajstić information content (AvgIpc) is 2.53. The molecule has 0 rings (SSSR count). The topological polar surface area (TPSA) is 23.6 Å². The van der Waals surface area contributed by atoms with Gasteiger partial charge in [-0.05, 0) is 58.2 Å². The molecule has 0 atom stereocenters. The van der Waals surface area contributed by atoms with Gasteiger partial charge in [0.25, 0.3) is 0 Å². The van der Waals surface area contributed by atoms with E-state index >= 15 is 0 Å². The molecule has 28 heavy (non-hydrogen) atoms. The quantitative estimate of drug-likeness (QED) is 0.187. The molecule has 0 N–H and O–H groups in total. The summed E-state index contributed by atoms with van der Waals surface area (Å²) in [5, 5.41) is 0.264. The number of unbranched alkanes of at least 4 members (excludes halogenated alkanes) is 1. The van der Waals surface area contributed by atoms with Crippen LogP contribution in [0.4, 0.5) is 0 Å². The van der Waals surface area contributed by atoms with Crippen LogP contribution in [0.2, 0.25) is 24.7 Å². The molecule has 0 bridgehead atoms. The second kappa shape index (κ2) is 21.7. The van der Waals surface area contributed by atoms with Crippen molar-refractivity contribution in [3.8, 4) is 0 Å². The zero-order valence-corrected chi connectivity index (χ0v) is 23.9. The molecular weight excluding hydrogens is 467 g/mol. The molecule has 3 nitrogen and oxygen atoms in total. The molecule has 0 fully saturated rings. The lowest BCUT2D eigenvalue weighted by atomic mass is 10.4.